The second-order valence-electron chi connectivity index (χ2n) is 6.48. The van der Waals surface area contributed by atoms with Crippen molar-refractivity contribution in [3.8, 4) is 0 Å². The lowest BCUT2D eigenvalue weighted by Gasteiger charge is -2.51. The summed E-state index contributed by atoms with van der Waals surface area (Å²) in [6.07, 6.45) is 4.45. The van der Waals surface area contributed by atoms with E-state index in [0.717, 1.165) is 5.92 Å². The highest BCUT2D eigenvalue weighted by molar-refractivity contribution is 8.31. The van der Waals surface area contributed by atoms with Crippen molar-refractivity contribution in [2.45, 2.75) is 89.6 Å². The van der Waals surface area contributed by atoms with Gasteiger partial charge in [-0.3, -0.25) is 0 Å². The predicted molar refractivity (Wildman–Crippen MR) is 80.9 cm³/mol. The maximum absolute atomic E-state index is 6.74. The van der Waals surface area contributed by atoms with E-state index in [-0.39, 0.29) is 0 Å². The Morgan fingerprint density at radius 2 is 1.35 bits per heavy atom. The van der Waals surface area contributed by atoms with E-state index in [1.165, 1.54) is 19.3 Å². The molecule has 0 radical (unpaired) electrons. The van der Waals surface area contributed by atoms with Crippen LogP contribution in [-0.4, -0.2) is 21.9 Å². The van der Waals surface area contributed by atoms with Crippen LogP contribution < -0.4 is 0 Å². The van der Waals surface area contributed by atoms with Gasteiger partial charge >= 0.3 is 0 Å². The molecule has 17 heavy (non-hydrogen) atoms. The molecule has 1 aliphatic rings. The average molecular weight is 260 g/mol. The van der Waals surface area contributed by atoms with Crippen molar-refractivity contribution >= 4 is 10.3 Å². The van der Waals surface area contributed by atoms with Crippen molar-refractivity contribution in [3.05, 3.63) is 0 Å². The fourth-order valence-corrected chi connectivity index (χ4v) is 8.02. The molecule has 0 heterocycles. The van der Waals surface area contributed by atoms with Gasteiger partial charge in [-0.1, -0.05) is 48.5 Å². The molecular weight excluding hydrogens is 228 g/mol. The van der Waals surface area contributed by atoms with Crippen LogP contribution in [0.1, 0.15) is 67.7 Å². The van der Waals surface area contributed by atoms with E-state index in [2.05, 4.69) is 48.5 Å². The van der Waals surface area contributed by atoms with Gasteiger partial charge in [0.15, 0.2) is 0 Å². The van der Waals surface area contributed by atoms with E-state index in [4.69, 9.17) is 4.18 Å². The third-order valence-electron chi connectivity index (χ3n) is 4.16. The summed E-state index contributed by atoms with van der Waals surface area (Å²) < 4.78 is 6.74. The van der Waals surface area contributed by atoms with E-state index in [0.29, 0.717) is 21.9 Å². The van der Waals surface area contributed by atoms with Crippen LogP contribution in [0.3, 0.4) is 0 Å². The van der Waals surface area contributed by atoms with Crippen LogP contribution in [0.25, 0.3) is 0 Å². The third kappa shape index (κ3) is 3.20. The predicted octanol–water partition coefficient (Wildman–Crippen LogP) is 5.14. The first-order valence-electron chi connectivity index (χ1n) is 7.28. The van der Waals surface area contributed by atoms with Gasteiger partial charge in [-0.05, 0) is 25.2 Å². The minimum absolute atomic E-state index is 0.534. The van der Waals surface area contributed by atoms with Crippen LogP contribution in [0.4, 0.5) is 0 Å². The minimum Gasteiger partial charge on any atom is -0.333 e. The Labute approximate surface area is 110 Å². The maximum atomic E-state index is 6.74. The number of hydrogen-bond donors (Lipinski definition) is 0. The second kappa shape index (κ2) is 5.97. The van der Waals surface area contributed by atoms with Crippen molar-refractivity contribution in [1.82, 2.24) is 0 Å². The third-order valence-corrected chi connectivity index (χ3v) is 9.19. The highest BCUT2D eigenvalue weighted by Crippen LogP contribution is 2.63. The van der Waals surface area contributed by atoms with Gasteiger partial charge in [-0.25, -0.2) is 0 Å². The lowest BCUT2D eigenvalue weighted by Crippen LogP contribution is -2.33. The maximum Gasteiger partial charge on any atom is 0.0704 e. The average Bonchev–Trinajstić information content (AvgIpc) is 2.58. The Bertz CT molecular complexity index is 213. The topological polar surface area (TPSA) is 9.23 Å². The SMILES string of the molecule is CC1CCC(OS(C(C)C)(C(C)C)C(C)C)C1. The molecule has 0 spiro atoms. The van der Waals surface area contributed by atoms with Crippen LogP contribution in [-0.2, 0) is 4.18 Å². The first-order chi connectivity index (χ1) is 7.80. The second-order valence-corrected chi connectivity index (χ2v) is 10.9. The minimum atomic E-state index is -0.953. The van der Waals surface area contributed by atoms with Gasteiger partial charge in [-0.2, -0.15) is 0 Å². The van der Waals surface area contributed by atoms with Gasteiger partial charge in [-0.15, -0.1) is 10.3 Å². The van der Waals surface area contributed by atoms with E-state index in [1.54, 1.807) is 0 Å². The summed E-state index contributed by atoms with van der Waals surface area (Å²) in [5.74, 6) is 0.864. The van der Waals surface area contributed by atoms with Crippen molar-refractivity contribution < 1.29 is 4.18 Å². The largest absolute Gasteiger partial charge is 0.333 e. The zero-order chi connectivity index (χ0) is 13.2. The summed E-state index contributed by atoms with van der Waals surface area (Å²) >= 11 is 0. The van der Waals surface area contributed by atoms with Crippen LogP contribution in [0, 0.1) is 5.92 Å². The fraction of sp³-hybridized carbons (Fsp3) is 1.00. The molecule has 0 N–H and O–H groups in total. The lowest BCUT2D eigenvalue weighted by atomic mass is 10.1. The van der Waals surface area contributed by atoms with Gasteiger partial charge in [0.1, 0.15) is 0 Å². The molecule has 0 aliphatic heterocycles. The molecule has 0 aromatic rings. The summed E-state index contributed by atoms with van der Waals surface area (Å²) in [7, 11) is -0.953. The highest BCUT2D eigenvalue weighted by Gasteiger charge is 2.39. The number of rotatable bonds is 5. The zero-order valence-electron chi connectivity index (χ0n) is 12.8. The molecule has 2 unspecified atom stereocenters. The van der Waals surface area contributed by atoms with Crippen LogP contribution in [0.15, 0.2) is 0 Å². The Hall–Kier alpha value is 0.310. The van der Waals surface area contributed by atoms with E-state index < -0.39 is 10.3 Å². The summed E-state index contributed by atoms with van der Waals surface area (Å²) in [5, 5.41) is 2.00. The molecular formula is C15H32OS. The van der Waals surface area contributed by atoms with E-state index in [1.807, 2.05) is 0 Å². The molecule has 1 nitrogen and oxygen atoms in total. The quantitative estimate of drug-likeness (QED) is 0.665. The van der Waals surface area contributed by atoms with E-state index in [9.17, 15) is 0 Å². The molecule has 1 saturated carbocycles. The Morgan fingerprint density at radius 3 is 1.65 bits per heavy atom. The molecule has 1 aliphatic carbocycles. The fourth-order valence-electron chi connectivity index (χ4n) is 3.44. The lowest BCUT2D eigenvalue weighted by molar-refractivity contribution is 0.226. The summed E-state index contributed by atoms with van der Waals surface area (Å²) in [4.78, 5) is 0. The summed E-state index contributed by atoms with van der Waals surface area (Å²) in [5.41, 5.74) is 0. The first-order valence-corrected chi connectivity index (χ1v) is 9.03. The normalized spacial score (nSPS) is 27.4. The number of hydrogen-bond acceptors (Lipinski definition) is 1. The van der Waals surface area contributed by atoms with Crippen molar-refractivity contribution in [1.29, 1.82) is 0 Å². The molecule has 0 aromatic heterocycles. The summed E-state index contributed by atoms with van der Waals surface area (Å²) in [6.45, 7) is 16.5. The molecule has 0 saturated heterocycles. The van der Waals surface area contributed by atoms with Crippen LogP contribution >= 0.6 is 10.3 Å². The monoisotopic (exact) mass is 260 g/mol. The molecule has 0 bridgehead atoms. The Kier molecular flexibility index (Phi) is 5.39. The van der Waals surface area contributed by atoms with Crippen molar-refractivity contribution in [2.75, 3.05) is 0 Å². The van der Waals surface area contributed by atoms with Crippen molar-refractivity contribution in [2.24, 2.45) is 5.92 Å². The Morgan fingerprint density at radius 1 is 0.882 bits per heavy atom. The molecule has 104 valence electrons. The van der Waals surface area contributed by atoms with Gasteiger partial charge in [0.25, 0.3) is 0 Å². The molecule has 1 fully saturated rings. The molecule has 2 heteroatoms. The van der Waals surface area contributed by atoms with Crippen LogP contribution in [0.2, 0.25) is 0 Å². The first kappa shape index (κ1) is 15.4. The zero-order valence-corrected chi connectivity index (χ0v) is 13.6. The molecule has 0 aromatic carbocycles. The standard InChI is InChI=1S/C15H32OS/c1-11(2)17(12(3)4,13(5)6)16-15-9-8-14(7)10-15/h11-15H,8-10H2,1-7H3. The van der Waals surface area contributed by atoms with Gasteiger partial charge in [0, 0.05) is 15.7 Å². The Balaban J connectivity index is 2.82. The highest BCUT2D eigenvalue weighted by atomic mass is 32.3. The van der Waals surface area contributed by atoms with Gasteiger partial charge in [0.2, 0.25) is 0 Å². The van der Waals surface area contributed by atoms with Gasteiger partial charge < -0.3 is 4.18 Å². The van der Waals surface area contributed by atoms with Crippen LogP contribution in [0.5, 0.6) is 0 Å². The molecule has 1 rings (SSSR count). The summed E-state index contributed by atoms with van der Waals surface area (Å²) in [6, 6.07) is 0. The van der Waals surface area contributed by atoms with Crippen molar-refractivity contribution in [3.63, 3.8) is 0 Å². The van der Waals surface area contributed by atoms with Gasteiger partial charge in [0.05, 0.1) is 6.10 Å². The smallest absolute Gasteiger partial charge is 0.0704 e. The van der Waals surface area contributed by atoms with E-state index >= 15 is 0 Å². The molecule has 2 atom stereocenters. The molecule has 0 amide bonds.